The molecule has 5 nitrogen and oxygen atoms in total. The Labute approximate surface area is 172 Å². The summed E-state index contributed by atoms with van der Waals surface area (Å²) in [7, 11) is 0. The average Bonchev–Trinajstić information content (AvgIpc) is 2.73. The largest absolute Gasteiger partial charge is 0.366 e. The number of pyridine rings is 1. The molecule has 0 saturated carbocycles. The standard InChI is InChI=1S/C23H16ClN3O2/c24-19-10-3-1-9-17(19)21-13-18(16-8-2-4-11-20(16)27-21)23(29)26-15-7-5-6-14(12-15)22(25)28/h1-13H,(H2,25,28)(H,26,29). The third-order valence-corrected chi connectivity index (χ3v) is 4.85. The fraction of sp³-hybridized carbons (Fsp3) is 0. The van der Waals surface area contributed by atoms with Gasteiger partial charge in [0.1, 0.15) is 0 Å². The second kappa shape index (κ2) is 7.73. The first kappa shape index (κ1) is 18.7. The Morgan fingerprint density at radius 3 is 2.45 bits per heavy atom. The zero-order chi connectivity index (χ0) is 20.4. The van der Waals surface area contributed by atoms with Gasteiger partial charge in [-0.05, 0) is 36.4 Å². The average molecular weight is 402 g/mol. The predicted molar refractivity (Wildman–Crippen MR) is 115 cm³/mol. The molecule has 0 aliphatic rings. The number of carbonyl (C=O) groups is 2. The number of hydrogen-bond acceptors (Lipinski definition) is 3. The summed E-state index contributed by atoms with van der Waals surface area (Å²) < 4.78 is 0. The van der Waals surface area contributed by atoms with E-state index in [0.29, 0.717) is 38.4 Å². The lowest BCUT2D eigenvalue weighted by atomic mass is 10.0. The van der Waals surface area contributed by atoms with Gasteiger partial charge in [-0.25, -0.2) is 4.98 Å². The summed E-state index contributed by atoms with van der Waals surface area (Å²) in [5.74, 6) is -0.880. The Hall–Kier alpha value is -3.70. The van der Waals surface area contributed by atoms with Crippen LogP contribution in [-0.2, 0) is 0 Å². The normalized spacial score (nSPS) is 10.7. The molecule has 0 unspecified atom stereocenters. The fourth-order valence-corrected chi connectivity index (χ4v) is 3.35. The zero-order valence-corrected chi connectivity index (χ0v) is 16.0. The number of halogens is 1. The van der Waals surface area contributed by atoms with Crippen LogP contribution in [0.3, 0.4) is 0 Å². The van der Waals surface area contributed by atoms with Gasteiger partial charge in [-0.3, -0.25) is 9.59 Å². The van der Waals surface area contributed by atoms with Crippen LogP contribution >= 0.6 is 11.6 Å². The first-order valence-electron chi connectivity index (χ1n) is 8.89. The van der Waals surface area contributed by atoms with Gasteiger partial charge in [0, 0.05) is 27.2 Å². The Bertz CT molecular complexity index is 1250. The van der Waals surface area contributed by atoms with Gasteiger partial charge in [0.2, 0.25) is 5.91 Å². The summed E-state index contributed by atoms with van der Waals surface area (Å²) in [6, 6.07) is 23.0. The maximum atomic E-state index is 13.1. The molecule has 142 valence electrons. The maximum absolute atomic E-state index is 13.1. The van der Waals surface area contributed by atoms with Crippen molar-refractivity contribution >= 4 is 40.0 Å². The quantitative estimate of drug-likeness (QED) is 0.509. The molecule has 3 aromatic carbocycles. The molecule has 0 saturated heterocycles. The van der Waals surface area contributed by atoms with Crippen molar-refractivity contribution in [1.82, 2.24) is 4.98 Å². The van der Waals surface area contributed by atoms with Crippen molar-refractivity contribution in [3.05, 3.63) is 95.0 Å². The van der Waals surface area contributed by atoms with Gasteiger partial charge in [-0.2, -0.15) is 0 Å². The zero-order valence-electron chi connectivity index (χ0n) is 15.2. The van der Waals surface area contributed by atoms with E-state index in [4.69, 9.17) is 17.3 Å². The molecular formula is C23H16ClN3O2. The summed E-state index contributed by atoms with van der Waals surface area (Å²) in [4.78, 5) is 29.2. The summed E-state index contributed by atoms with van der Waals surface area (Å²) in [5, 5.41) is 4.10. The molecule has 1 heterocycles. The number of para-hydroxylation sites is 1. The molecule has 3 N–H and O–H groups in total. The molecule has 0 radical (unpaired) electrons. The fourth-order valence-electron chi connectivity index (χ4n) is 3.12. The van der Waals surface area contributed by atoms with Crippen molar-refractivity contribution in [3.63, 3.8) is 0 Å². The summed E-state index contributed by atoms with van der Waals surface area (Å²) in [5.41, 5.74) is 8.60. The predicted octanol–water partition coefficient (Wildman–Crippen LogP) is 4.91. The van der Waals surface area contributed by atoms with E-state index in [1.807, 2.05) is 42.5 Å². The highest BCUT2D eigenvalue weighted by atomic mass is 35.5. The van der Waals surface area contributed by atoms with Crippen molar-refractivity contribution < 1.29 is 9.59 Å². The van der Waals surface area contributed by atoms with Gasteiger partial charge >= 0.3 is 0 Å². The number of nitrogens with one attached hydrogen (secondary N) is 1. The number of rotatable bonds is 4. The number of carbonyl (C=O) groups excluding carboxylic acids is 2. The van der Waals surface area contributed by atoms with E-state index in [-0.39, 0.29) is 5.91 Å². The molecule has 6 heteroatoms. The highest BCUT2D eigenvalue weighted by Gasteiger charge is 2.15. The number of aromatic nitrogens is 1. The van der Waals surface area contributed by atoms with Crippen molar-refractivity contribution in [3.8, 4) is 11.3 Å². The van der Waals surface area contributed by atoms with Crippen LogP contribution in [0, 0.1) is 0 Å². The molecule has 2 amide bonds. The van der Waals surface area contributed by atoms with E-state index in [2.05, 4.69) is 10.3 Å². The third kappa shape index (κ3) is 3.81. The van der Waals surface area contributed by atoms with Crippen LogP contribution < -0.4 is 11.1 Å². The second-order valence-electron chi connectivity index (χ2n) is 6.45. The van der Waals surface area contributed by atoms with Crippen molar-refractivity contribution in [1.29, 1.82) is 0 Å². The highest BCUT2D eigenvalue weighted by Crippen LogP contribution is 2.30. The van der Waals surface area contributed by atoms with E-state index in [0.717, 1.165) is 5.56 Å². The van der Waals surface area contributed by atoms with E-state index in [1.165, 1.54) is 0 Å². The molecule has 0 atom stereocenters. The minimum Gasteiger partial charge on any atom is -0.366 e. The van der Waals surface area contributed by atoms with Crippen molar-refractivity contribution in [2.75, 3.05) is 5.32 Å². The number of primary amides is 1. The molecular weight excluding hydrogens is 386 g/mol. The highest BCUT2D eigenvalue weighted by molar-refractivity contribution is 6.33. The third-order valence-electron chi connectivity index (χ3n) is 4.52. The minimum atomic E-state index is -0.559. The van der Waals surface area contributed by atoms with Crippen LogP contribution in [0.1, 0.15) is 20.7 Å². The smallest absolute Gasteiger partial charge is 0.256 e. The van der Waals surface area contributed by atoms with E-state index in [9.17, 15) is 9.59 Å². The number of amides is 2. The van der Waals surface area contributed by atoms with Crippen LogP contribution in [0.5, 0.6) is 0 Å². The monoisotopic (exact) mass is 401 g/mol. The van der Waals surface area contributed by atoms with Gasteiger partial charge in [-0.1, -0.05) is 54.1 Å². The number of nitrogens with two attached hydrogens (primary N) is 1. The number of nitrogens with zero attached hydrogens (tertiary/aromatic N) is 1. The van der Waals surface area contributed by atoms with Crippen LogP contribution in [0.15, 0.2) is 78.9 Å². The maximum Gasteiger partial charge on any atom is 0.256 e. The molecule has 1 aromatic heterocycles. The Kier molecular flexibility index (Phi) is 4.97. The Balaban J connectivity index is 1.80. The van der Waals surface area contributed by atoms with E-state index < -0.39 is 5.91 Å². The lowest BCUT2D eigenvalue weighted by Crippen LogP contribution is -2.15. The van der Waals surface area contributed by atoms with Gasteiger partial charge in [0.05, 0.1) is 16.8 Å². The molecule has 29 heavy (non-hydrogen) atoms. The lowest BCUT2D eigenvalue weighted by molar-refractivity contribution is 0.0996. The first-order valence-corrected chi connectivity index (χ1v) is 9.26. The van der Waals surface area contributed by atoms with E-state index in [1.54, 1.807) is 36.4 Å². The van der Waals surface area contributed by atoms with Crippen LogP contribution in [0.4, 0.5) is 5.69 Å². The number of fused-ring (bicyclic) bond motifs is 1. The van der Waals surface area contributed by atoms with Crippen LogP contribution in [0.2, 0.25) is 5.02 Å². The second-order valence-corrected chi connectivity index (χ2v) is 6.86. The van der Waals surface area contributed by atoms with Crippen LogP contribution in [0.25, 0.3) is 22.2 Å². The lowest BCUT2D eigenvalue weighted by Gasteiger charge is -2.12. The molecule has 0 aliphatic heterocycles. The molecule has 0 fully saturated rings. The summed E-state index contributed by atoms with van der Waals surface area (Å²) in [6.07, 6.45) is 0. The van der Waals surface area contributed by atoms with Gasteiger partial charge < -0.3 is 11.1 Å². The first-order chi connectivity index (χ1) is 14.0. The topological polar surface area (TPSA) is 85.1 Å². The van der Waals surface area contributed by atoms with Crippen molar-refractivity contribution in [2.45, 2.75) is 0 Å². The number of benzene rings is 3. The summed E-state index contributed by atoms with van der Waals surface area (Å²) in [6.45, 7) is 0. The van der Waals surface area contributed by atoms with Crippen LogP contribution in [-0.4, -0.2) is 16.8 Å². The Morgan fingerprint density at radius 2 is 1.66 bits per heavy atom. The molecule has 0 spiro atoms. The van der Waals surface area contributed by atoms with Gasteiger partial charge in [0.15, 0.2) is 0 Å². The Morgan fingerprint density at radius 1 is 0.897 bits per heavy atom. The summed E-state index contributed by atoms with van der Waals surface area (Å²) >= 11 is 6.33. The van der Waals surface area contributed by atoms with Gasteiger partial charge in [0.25, 0.3) is 5.91 Å². The molecule has 4 rings (SSSR count). The molecule has 0 bridgehead atoms. The van der Waals surface area contributed by atoms with Crippen molar-refractivity contribution in [2.24, 2.45) is 5.73 Å². The number of hydrogen-bond donors (Lipinski definition) is 2. The van der Waals surface area contributed by atoms with Gasteiger partial charge in [-0.15, -0.1) is 0 Å². The molecule has 4 aromatic rings. The van der Waals surface area contributed by atoms with E-state index >= 15 is 0 Å². The minimum absolute atomic E-state index is 0.319. The number of anilines is 1. The SMILES string of the molecule is NC(=O)c1cccc(NC(=O)c2cc(-c3ccccc3Cl)nc3ccccc23)c1. The molecule has 0 aliphatic carbocycles.